The molecular formula is C15H10BrN3O2S. The second kappa shape index (κ2) is 5.86. The van der Waals surface area contributed by atoms with E-state index in [4.69, 9.17) is 12.2 Å². The van der Waals surface area contributed by atoms with Crippen LogP contribution in [0.2, 0.25) is 0 Å². The van der Waals surface area contributed by atoms with E-state index in [9.17, 15) is 9.59 Å². The van der Waals surface area contributed by atoms with Crippen LogP contribution in [0.15, 0.2) is 53.0 Å². The Labute approximate surface area is 140 Å². The molecule has 0 spiro atoms. The lowest BCUT2D eigenvalue weighted by atomic mass is 10.1. The zero-order valence-corrected chi connectivity index (χ0v) is 13.6. The monoisotopic (exact) mass is 375 g/mol. The highest BCUT2D eigenvalue weighted by Crippen LogP contribution is 2.21. The predicted molar refractivity (Wildman–Crippen MR) is 90.4 cm³/mol. The first-order chi connectivity index (χ1) is 10.6. The van der Waals surface area contributed by atoms with Gasteiger partial charge in [0.2, 0.25) is 0 Å². The second-order valence-electron chi connectivity index (χ2n) is 4.56. The van der Waals surface area contributed by atoms with Crippen molar-refractivity contribution in [1.82, 2.24) is 10.4 Å². The number of hydrazine groups is 1. The van der Waals surface area contributed by atoms with Crippen molar-refractivity contribution >= 4 is 50.8 Å². The first-order valence-electron chi connectivity index (χ1n) is 6.37. The Morgan fingerprint density at radius 1 is 0.955 bits per heavy atom. The zero-order valence-electron chi connectivity index (χ0n) is 11.2. The molecule has 0 fully saturated rings. The quantitative estimate of drug-likeness (QED) is 0.624. The smallest absolute Gasteiger partial charge is 0.280 e. The third-order valence-electron chi connectivity index (χ3n) is 3.11. The molecule has 0 aromatic heterocycles. The molecule has 0 unspecified atom stereocenters. The van der Waals surface area contributed by atoms with E-state index in [0.717, 1.165) is 15.2 Å². The molecule has 1 aliphatic rings. The third-order valence-corrected chi connectivity index (χ3v) is 3.83. The van der Waals surface area contributed by atoms with Gasteiger partial charge in [-0.1, -0.05) is 28.1 Å². The molecule has 2 aromatic carbocycles. The number of carbonyl (C=O) groups excluding carboxylic acids is 2. The summed E-state index contributed by atoms with van der Waals surface area (Å²) in [6.45, 7) is 0. The topological polar surface area (TPSA) is 61.4 Å². The first-order valence-corrected chi connectivity index (χ1v) is 7.57. The summed E-state index contributed by atoms with van der Waals surface area (Å²) in [7, 11) is 0. The van der Waals surface area contributed by atoms with Crippen LogP contribution in [0.5, 0.6) is 0 Å². The van der Waals surface area contributed by atoms with Gasteiger partial charge in [0.1, 0.15) is 0 Å². The van der Waals surface area contributed by atoms with Gasteiger partial charge in [-0.25, -0.2) is 0 Å². The number of halogens is 1. The van der Waals surface area contributed by atoms with Crippen molar-refractivity contribution in [1.29, 1.82) is 0 Å². The van der Waals surface area contributed by atoms with Crippen molar-refractivity contribution < 1.29 is 9.59 Å². The molecule has 0 saturated carbocycles. The zero-order chi connectivity index (χ0) is 15.7. The van der Waals surface area contributed by atoms with Crippen LogP contribution in [-0.4, -0.2) is 21.9 Å². The SMILES string of the molecule is O=C1c2ccccc2C(=O)N1NC(=S)Nc1ccc(Br)cc1. The van der Waals surface area contributed by atoms with Gasteiger partial charge in [-0.05, 0) is 48.6 Å². The number of nitrogens with one attached hydrogen (secondary N) is 2. The standard InChI is InChI=1S/C15H10BrN3O2S/c16-9-5-7-10(8-6-9)17-15(22)18-19-13(20)11-3-1-2-4-12(11)14(19)21/h1-8H,(H2,17,18,22). The van der Waals surface area contributed by atoms with Crippen LogP contribution < -0.4 is 10.7 Å². The molecule has 2 N–H and O–H groups in total. The highest BCUT2D eigenvalue weighted by atomic mass is 79.9. The van der Waals surface area contributed by atoms with Gasteiger partial charge in [0, 0.05) is 10.2 Å². The van der Waals surface area contributed by atoms with Gasteiger partial charge in [0.05, 0.1) is 11.1 Å². The number of nitrogens with zero attached hydrogens (tertiary/aromatic N) is 1. The van der Waals surface area contributed by atoms with E-state index < -0.39 is 11.8 Å². The van der Waals surface area contributed by atoms with Crippen LogP contribution in [0, 0.1) is 0 Å². The number of anilines is 1. The Kier molecular flexibility index (Phi) is 3.91. The van der Waals surface area contributed by atoms with Gasteiger partial charge in [0.15, 0.2) is 5.11 Å². The summed E-state index contributed by atoms with van der Waals surface area (Å²) in [4.78, 5) is 24.4. The van der Waals surface area contributed by atoms with E-state index in [-0.39, 0.29) is 5.11 Å². The highest BCUT2D eigenvalue weighted by molar-refractivity contribution is 9.10. The van der Waals surface area contributed by atoms with Crippen LogP contribution in [0.25, 0.3) is 0 Å². The number of hydrogen-bond acceptors (Lipinski definition) is 3. The van der Waals surface area contributed by atoms with Crippen LogP contribution in [-0.2, 0) is 0 Å². The minimum absolute atomic E-state index is 0.164. The summed E-state index contributed by atoms with van der Waals surface area (Å²) < 4.78 is 0.942. The lowest BCUT2D eigenvalue weighted by molar-refractivity contribution is 0.0613. The first kappa shape index (κ1) is 14.7. The van der Waals surface area contributed by atoms with Gasteiger partial charge in [0.25, 0.3) is 11.8 Å². The number of imide groups is 1. The van der Waals surface area contributed by atoms with Gasteiger partial charge in [-0.2, -0.15) is 5.01 Å². The number of fused-ring (bicyclic) bond motifs is 1. The van der Waals surface area contributed by atoms with Gasteiger partial charge < -0.3 is 5.32 Å². The summed E-state index contributed by atoms with van der Waals surface area (Å²) in [6, 6.07) is 14.0. The number of rotatable bonds is 2. The van der Waals surface area contributed by atoms with Gasteiger partial charge in [-0.15, -0.1) is 0 Å². The Morgan fingerprint density at radius 3 is 2.05 bits per heavy atom. The Hall–Kier alpha value is -2.25. The fourth-order valence-corrected chi connectivity index (χ4v) is 2.56. The average Bonchev–Trinajstić information content (AvgIpc) is 2.75. The highest BCUT2D eigenvalue weighted by Gasteiger charge is 2.35. The summed E-state index contributed by atoms with van der Waals surface area (Å²) in [5.74, 6) is -0.832. The molecule has 7 heteroatoms. The largest absolute Gasteiger partial charge is 0.331 e. The number of benzene rings is 2. The van der Waals surface area contributed by atoms with Crippen LogP contribution in [0.3, 0.4) is 0 Å². The van der Waals surface area contributed by atoms with Crippen LogP contribution in [0.4, 0.5) is 5.69 Å². The Morgan fingerprint density at radius 2 is 1.50 bits per heavy atom. The summed E-state index contributed by atoms with van der Waals surface area (Å²) in [5, 5.41) is 4.00. The van der Waals surface area contributed by atoms with E-state index in [1.807, 2.05) is 24.3 Å². The molecule has 0 bridgehead atoms. The molecule has 5 nitrogen and oxygen atoms in total. The van der Waals surface area contributed by atoms with Crippen molar-refractivity contribution in [3.8, 4) is 0 Å². The summed E-state index contributed by atoms with van der Waals surface area (Å²) >= 11 is 8.48. The van der Waals surface area contributed by atoms with Crippen molar-refractivity contribution in [2.75, 3.05) is 5.32 Å². The lowest BCUT2D eigenvalue weighted by Crippen LogP contribution is -2.47. The molecule has 0 saturated heterocycles. The molecule has 2 amide bonds. The van der Waals surface area contributed by atoms with Crippen molar-refractivity contribution in [2.45, 2.75) is 0 Å². The molecule has 0 atom stereocenters. The van der Waals surface area contributed by atoms with E-state index in [2.05, 4.69) is 26.7 Å². The molecule has 3 rings (SSSR count). The maximum Gasteiger partial charge on any atom is 0.280 e. The third kappa shape index (κ3) is 2.72. The van der Waals surface area contributed by atoms with Crippen molar-refractivity contribution in [3.05, 3.63) is 64.1 Å². The van der Waals surface area contributed by atoms with Crippen molar-refractivity contribution in [2.24, 2.45) is 0 Å². The summed E-state index contributed by atoms with van der Waals surface area (Å²) in [6.07, 6.45) is 0. The number of hydrogen-bond donors (Lipinski definition) is 2. The molecule has 2 aromatic rings. The number of thiocarbonyl (C=S) groups is 1. The fraction of sp³-hybridized carbons (Fsp3) is 0. The maximum absolute atomic E-state index is 12.2. The normalized spacial score (nSPS) is 13.0. The predicted octanol–water partition coefficient (Wildman–Crippen LogP) is 2.95. The van der Waals surface area contributed by atoms with E-state index in [1.54, 1.807) is 24.3 Å². The van der Waals surface area contributed by atoms with E-state index in [1.165, 1.54) is 0 Å². The van der Waals surface area contributed by atoms with E-state index >= 15 is 0 Å². The van der Waals surface area contributed by atoms with Gasteiger partial charge in [-0.3, -0.25) is 15.0 Å². The van der Waals surface area contributed by atoms with Gasteiger partial charge >= 0.3 is 0 Å². The lowest BCUT2D eigenvalue weighted by Gasteiger charge is -2.17. The van der Waals surface area contributed by atoms with Crippen LogP contribution in [0.1, 0.15) is 20.7 Å². The maximum atomic E-state index is 12.2. The van der Waals surface area contributed by atoms with Crippen LogP contribution >= 0.6 is 28.1 Å². The fourth-order valence-electron chi connectivity index (χ4n) is 2.08. The molecule has 0 radical (unpaired) electrons. The van der Waals surface area contributed by atoms with E-state index in [0.29, 0.717) is 11.1 Å². The molecule has 1 heterocycles. The Balaban J connectivity index is 1.71. The Bertz CT molecular complexity index is 742. The minimum Gasteiger partial charge on any atom is -0.331 e. The molecule has 110 valence electrons. The molecule has 22 heavy (non-hydrogen) atoms. The van der Waals surface area contributed by atoms with Crippen molar-refractivity contribution in [3.63, 3.8) is 0 Å². The number of amides is 2. The average molecular weight is 376 g/mol. The summed E-state index contributed by atoms with van der Waals surface area (Å²) in [5.41, 5.74) is 4.11. The molecule has 1 aliphatic heterocycles. The second-order valence-corrected chi connectivity index (χ2v) is 5.89. The molecular weight excluding hydrogens is 366 g/mol. The molecule has 0 aliphatic carbocycles. The number of carbonyl (C=O) groups is 2. The minimum atomic E-state index is -0.416.